The molecule has 0 saturated carbocycles. The molecule has 8 heteroatoms. The van der Waals surface area contributed by atoms with Gasteiger partial charge < -0.3 is 15.1 Å². The molecule has 1 aromatic heterocycles. The van der Waals surface area contributed by atoms with Gasteiger partial charge in [0.25, 0.3) is 0 Å². The summed E-state index contributed by atoms with van der Waals surface area (Å²) in [6.45, 7) is 5.00. The number of carbonyl (C=O) groups excluding carboxylic acids is 1. The van der Waals surface area contributed by atoms with Crippen molar-refractivity contribution in [2.24, 2.45) is 0 Å². The van der Waals surface area contributed by atoms with Crippen molar-refractivity contribution < 1.29 is 4.79 Å². The summed E-state index contributed by atoms with van der Waals surface area (Å²) in [6.07, 6.45) is 3.51. The van der Waals surface area contributed by atoms with Crippen molar-refractivity contribution in [2.75, 3.05) is 42.9 Å². The summed E-state index contributed by atoms with van der Waals surface area (Å²) >= 11 is 6.28. The predicted octanol–water partition coefficient (Wildman–Crippen LogP) is 4.19. The molecular weight excluding hydrogens is 448 g/mol. The number of anilines is 3. The van der Waals surface area contributed by atoms with Crippen LogP contribution in [0.2, 0.25) is 5.02 Å². The molecular formula is C26H29ClN6O. The molecule has 3 aromatic rings. The number of amides is 1. The highest BCUT2D eigenvalue weighted by Gasteiger charge is 2.36. The molecule has 5 rings (SSSR count). The summed E-state index contributed by atoms with van der Waals surface area (Å²) in [5, 5.41) is 3.89. The molecule has 2 aliphatic rings. The molecule has 2 saturated heterocycles. The lowest BCUT2D eigenvalue weighted by Crippen LogP contribution is -2.53. The van der Waals surface area contributed by atoms with Crippen LogP contribution in [0.3, 0.4) is 0 Å². The Labute approximate surface area is 205 Å². The second-order valence-electron chi connectivity index (χ2n) is 8.79. The van der Waals surface area contributed by atoms with Gasteiger partial charge in [-0.2, -0.15) is 4.98 Å². The van der Waals surface area contributed by atoms with Crippen molar-refractivity contribution in [1.82, 2.24) is 19.8 Å². The summed E-state index contributed by atoms with van der Waals surface area (Å²) in [4.78, 5) is 29.1. The van der Waals surface area contributed by atoms with Crippen LogP contribution in [-0.2, 0) is 11.3 Å². The third-order valence-corrected chi connectivity index (χ3v) is 6.84. The zero-order chi connectivity index (χ0) is 23.3. The average molecular weight is 477 g/mol. The van der Waals surface area contributed by atoms with Gasteiger partial charge in [0.2, 0.25) is 11.9 Å². The first-order valence-corrected chi connectivity index (χ1v) is 12.2. The van der Waals surface area contributed by atoms with E-state index < -0.39 is 0 Å². The van der Waals surface area contributed by atoms with Gasteiger partial charge in [-0.1, -0.05) is 54.1 Å². The Morgan fingerprint density at radius 2 is 1.74 bits per heavy atom. The van der Waals surface area contributed by atoms with E-state index in [2.05, 4.69) is 44.4 Å². The summed E-state index contributed by atoms with van der Waals surface area (Å²) in [7, 11) is 0. The lowest BCUT2D eigenvalue weighted by atomic mass is 10.1. The molecule has 1 N–H and O–H groups in total. The molecule has 0 radical (unpaired) electrons. The standard InChI is InChI=1S/C26H29ClN6O/c27-21-9-4-5-10-22(21)29-24-12-13-28-26(30-24)33-14-6-11-23(33)25(34)32-17-15-31(16-18-32)19-20-7-2-1-3-8-20/h1-5,7-10,12-13,23H,6,11,14-19H2,(H,28,29,30)/t23-/m0/s1. The van der Waals surface area contributed by atoms with Gasteiger partial charge >= 0.3 is 0 Å². The van der Waals surface area contributed by atoms with Gasteiger partial charge in [0.05, 0.1) is 10.7 Å². The van der Waals surface area contributed by atoms with Crippen molar-refractivity contribution >= 4 is 35.0 Å². The fraction of sp³-hybridized carbons (Fsp3) is 0.346. The average Bonchev–Trinajstić information content (AvgIpc) is 3.37. The molecule has 3 heterocycles. The Hall–Kier alpha value is -3.16. The van der Waals surface area contributed by atoms with Crippen molar-refractivity contribution in [2.45, 2.75) is 25.4 Å². The maximum Gasteiger partial charge on any atom is 0.245 e. The van der Waals surface area contributed by atoms with Gasteiger partial charge in [-0.25, -0.2) is 4.98 Å². The predicted molar refractivity (Wildman–Crippen MR) is 135 cm³/mol. The molecule has 2 fully saturated rings. The van der Waals surface area contributed by atoms with E-state index in [1.54, 1.807) is 6.20 Å². The van der Waals surface area contributed by atoms with Crippen LogP contribution in [0, 0.1) is 0 Å². The van der Waals surface area contributed by atoms with E-state index >= 15 is 0 Å². The van der Waals surface area contributed by atoms with Gasteiger partial charge in [-0.05, 0) is 36.6 Å². The third kappa shape index (κ3) is 5.16. The van der Waals surface area contributed by atoms with E-state index in [1.165, 1.54) is 5.56 Å². The highest BCUT2D eigenvalue weighted by molar-refractivity contribution is 6.33. The van der Waals surface area contributed by atoms with E-state index in [-0.39, 0.29) is 11.9 Å². The van der Waals surface area contributed by atoms with Crippen LogP contribution in [0.25, 0.3) is 0 Å². The molecule has 2 aromatic carbocycles. The Balaban J connectivity index is 1.22. The number of rotatable bonds is 6. The number of benzene rings is 2. The minimum atomic E-state index is -0.212. The second-order valence-corrected chi connectivity index (χ2v) is 9.19. The van der Waals surface area contributed by atoms with Crippen molar-refractivity contribution in [3.8, 4) is 0 Å². The van der Waals surface area contributed by atoms with Crippen molar-refractivity contribution in [3.05, 3.63) is 77.4 Å². The van der Waals surface area contributed by atoms with Gasteiger partial charge in [0.1, 0.15) is 11.9 Å². The van der Waals surface area contributed by atoms with Crippen LogP contribution >= 0.6 is 11.6 Å². The number of para-hydroxylation sites is 1. The van der Waals surface area contributed by atoms with Crippen LogP contribution in [0.15, 0.2) is 66.9 Å². The van der Waals surface area contributed by atoms with E-state index in [4.69, 9.17) is 16.6 Å². The molecule has 2 aliphatic heterocycles. The minimum absolute atomic E-state index is 0.185. The zero-order valence-corrected chi connectivity index (χ0v) is 19.9. The number of halogens is 1. The fourth-order valence-electron chi connectivity index (χ4n) is 4.70. The van der Waals surface area contributed by atoms with Crippen LogP contribution in [0.4, 0.5) is 17.5 Å². The Kier molecular flexibility index (Phi) is 6.92. The highest BCUT2D eigenvalue weighted by atomic mass is 35.5. The maximum atomic E-state index is 13.4. The Bertz CT molecular complexity index is 1120. The molecule has 34 heavy (non-hydrogen) atoms. The summed E-state index contributed by atoms with van der Waals surface area (Å²) < 4.78 is 0. The number of nitrogens with one attached hydrogen (secondary N) is 1. The Morgan fingerprint density at radius 1 is 0.971 bits per heavy atom. The molecule has 7 nitrogen and oxygen atoms in total. The van der Waals surface area contributed by atoms with Gasteiger partial charge in [0.15, 0.2) is 0 Å². The smallest absolute Gasteiger partial charge is 0.245 e. The minimum Gasteiger partial charge on any atom is -0.339 e. The lowest BCUT2D eigenvalue weighted by molar-refractivity contribution is -0.134. The topological polar surface area (TPSA) is 64.6 Å². The van der Waals surface area contributed by atoms with Crippen LogP contribution < -0.4 is 10.2 Å². The fourth-order valence-corrected chi connectivity index (χ4v) is 4.88. The molecule has 0 spiro atoms. The Morgan fingerprint density at radius 3 is 2.53 bits per heavy atom. The normalized spacial score (nSPS) is 18.8. The summed E-state index contributed by atoms with van der Waals surface area (Å²) in [5.74, 6) is 1.42. The van der Waals surface area contributed by atoms with Gasteiger partial charge in [-0.15, -0.1) is 0 Å². The first kappa shape index (κ1) is 22.6. The van der Waals surface area contributed by atoms with Gasteiger partial charge in [-0.3, -0.25) is 9.69 Å². The molecule has 0 bridgehead atoms. The van der Waals surface area contributed by atoms with Crippen molar-refractivity contribution in [1.29, 1.82) is 0 Å². The second kappa shape index (κ2) is 10.4. The van der Waals surface area contributed by atoms with E-state index in [0.717, 1.165) is 57.8 Å². The van der Waals surface area contributed by atoms with E-state index in [9.17, 15) is 4.79 Å². The maximum absolute atomic E-state index is 13.4. The number of hydrogen-bond acceptors (Lipinski definition) is 6. The molecule has 1 amide bonds. The lowest BCUT2D eigenvalue weighted by Gasteiger charge is -2.37. The molecule has 0 aliphatic carbocycles. The first-order chi connectivity index (χ1) is 16.7. The number of aromatic nitrogens is 2. The van der Waals surface area contributed by atoms with Crippen molar-refractivity contribution in [3.63, 3.8) is 0 Å². The largest absolute Gasteiger partial charge is 0.339 e. The van der Waals surface area contributed by atoms with Gasteiger partial charge in [0, 0.05) is 45.5 Å². The van der Waals surface area contributed by atoms with E-state index in [1.807, 2.05) is 41.3 Å². The van der Waals surface area contributed by atoms with E-state index in [0.29, 0.717) is 16.8 Å². The summed E-state index contributed by atoms with van der Waals surface area (Å²) in [5.41, 5.74) is 2.10. The monoisotopic (exact) mass is 476 g/mol. The third-order valence-electron chi connectivity index (χ3n) is 6.51. The quantitative estimate of drug-likeness (QED) is 0.575. The molecule has 1 atom stereocenters. The number of piperazine rings is 1. The highest BCUT2D eigenvalue weighted by Crippen LogP contribution is 2.27. The number of carbonyl (C=O) groups is 1. The number of nitrogens with zero attached hydrogens (tertiary/aromatic N) is 5. The zero-order valence-electron chi connectivity index (χ0n) is 19.1. The molecule has 0 unspecified atom stereocenters. The van der Waals surface area contributed by atoms with Crippen LogP contribution in [-0.4, -0.2) is 64.4 Å². The SMILES string of the molecule is O=C([C@@H]1CCCN1c1nccc(Nc2ccccc2Cl)n1)N1CCN(Cc2ccccc2)CC1. The van der Waals surface area contributed by atoms with Crippen LogP contribution in [0.1, 0.15) is 18.4 Å². The van der Waals surface area contributed by atoms with Crippen LogP contribution in [0.5, 0.6) is 0 Å². The molecule has 176 valence electrons. The first-order valence-electron chi connectivity index (χ1n) is 11.8. The number of hydrogen-bond donors (Lipinski definition) is 1. The summed E-state index contributed by atoms with van der Waals surface area (Å²) in [6, 6.07) is 19.7.